The van der Waals surface area contributed by atoms with Gasteiger partial charge >= 0.3 is 0 Å². The highest BCUT2D eigenvalue weighted by Gasteiger charge is 2.22. The van der Waals surface area contributed by atoms with E-state index in [2.05, 4.69) is 19.2 Å². The van der Waals surface area contributed by atoms with E-state index < -0.39 is 0 Å². The molecule has 0 aromatic heterocycles. The summed E-state index contributed by atoms with van der Waals surface area (Å²) in [4.78, 5) is 0. The van der Waals surface area contributed by atoms with Crippen molar-refractivity contribution < 1.29 is 9.13 Å². The molecule has 0 bridgehead atoms. The molecule has 0 amide bonds. The standard InChI is InChI=1S/C18H28FNO/c1-3-11-20-18(16-9-4-5-10-17(16)19)13-21-15-8-6-7-14(2)12-15/h4-5,9-10,14-15,18,20H,3,6-8,11-13H2,1-2H3. The van der Waals surface area contributed by atoms with Crippen LogP contribution in [-0.2, 0) is 4.74 Å². The predicted octanol–water partition coefficient (Wildman–Crippen LogP) is 4.46. The molecule has 0 radical (unpaired) electrons. The van der Waals surface area contributed by atoms with Gasteiger partial charge in [-0.05, 0) is 37.8 Å². The quantitative estimate of drug-likeness (QED) is 0.801. The lowest BCUT2D eigenvalue weighted by molar-refractivity contribution is 0.00359. The van der Waals surface area contributed by atoms with E-state index >= 15 is 0 Å². The number of hydrogen-bond donors (Lipinski definition) is 1. The van der Waals surface area contributed by atoms with Gasteiger partial charge in [0.2, 0.25) is 0 Å². The van der Waals surface area contributed by atoms with E-state index in [1.807, 2.05) is 12.1 Å². The topological polar surface area (TPSA) is 21.3 Å². The monoisotopic (exact) mass is 293 g/mol. The van der Waals surface area contributed by atoms with Gasteiger partial charge in [0.05, 0.1) is 18.8 Å². The zero-order valence-electron chi connectivity index (χ0n) is 13.3. The summed E-state index contributed by atoms with van der Waals surface area (Å²) >= 11 is 0. The van der Waals surface area contributed by atoms with E-state index in [-0.39, 0.29) is 11.9 Å². The fraction of sp³-hybridized carbons (Fsp3) is 0.667. The lowest BCUT2D eigenvalue weighted by Crippen LogP contribution is -2.30. The van der Waals surface area contributed by atoms with Gasteiger partial charge in [-0.1, -0.05) is 44.9 Å². The molecule has 1 aliphatic rings. The molecule has 1 saturated carbocycles. The number of nitrogens with one attached hydrogen (secondary N) is 1. The van der Waals surface area contributed by atoms with Crippen molar-refractivity contribution in [1.29, 1.82) is 0 Å². The van der Waals surface area contributed by atoms with Crippen LogP contribution in [0, 0.1) is 11.7 Å². The van der Waals surface area contributed by atoms with Crippen molar-refractivity contribution in [3.63, 3.8) is 0 Å². The molecule has 3 unspecified atom stereocenters. The summed E-state index contributed by atoms with van der Waals surface area (Å²) in [6.07, 6.45) is 6.21. The fourth-order valence-corrected chi connectivity index (χ4v) is 3.10. The van der Waals surface area contributed by atoms with E-state index in [0.717, 1.165) is 37.3 Å². The minimum atomic E-state index is -0.147. The Morgan fingerprint density at radius 2 is 2.14 bits per heavy atom. The Kier molecular flexibility index (Phi) is 6.65. The highest BCUT2D eigenvalue weighted by molar-refractivity contribution is 5.21. The van der Waals surface area contributed by atoms with Crippen LogP contribution in [0.3, 0.4) is 0 Å². The van der Waals surface area contributed by atoms with Crippen molar-refractivity contribution >= 4 is 0 Å². The summed E-state index contributed by atoms with van der Waals surface area (Å²) in [5.41, 5.74) is 0.717. The highest BCUT2D eigenvalue weighted by Crippen LogP contribution is 2.27. The van der Waals surface area contributed by atoms with Gasteiger partial charge in [0.15, 0.2) is 0 Å². The Balaban J connectivity index is 1.94. The average Bonchev–Trinajstić information content (AvgIpc) is 2.48. The van der Waals surface area contributed by atoms with Crippen molar-refractivity contribution in [3.8, 4) is 0 Å². The molecule has 1 aromatic carbocycles. The van der Waals surface area contributed by atoms with Crippen LogP contribution in [0.15, 0.2) is 24.3 Å². The number of rotatable bonds is 7. The smallest absolute Gasteiger partial charge is 0.128 e. The van der Waals surface area contributed by atoms with Crippen molar-refractivity contribution in [3.05, 3.63) is 35.6 Å². The molecule has 118 valence electrons. The first-order valence-electron chi connectivity index (χ1n) is 8.30. The van der Waals surface area contributed by atoms with Crippen molar-refractivity contribution in [1.82, 2.24) is 5.32 Å². The fourth-order valence-electron chi connectivity index (χ4n) is 3.10. The van der Waals surface area contributed by atoms with Gasteiger partial charge in [0.25, 0.3) is 0 Å². The first-order valence-corrected chi connectivity index (χ1v) is 8.30. The molecule has 3 heteroatoms. The van der Waals surface area contributed by atoms with Gasteiger partial charge in [0.1, 0.15) is 5.82 Å². The SMILES string of the molecule is CCCNC(COC1CCCC(C)C1)c1ccccc1F. The van der Waals surface area contributed by atoms with E-state index in [0.29, 0.717) is 12.7 Å². The van der Waals surface area contributed by atoms with Crippen LogP contribution in [0.25, 0.3) is 0 Å². The predicted molar refractivity (Wildman–Crippen MR) is 84.8 cm³/mol. The lowest BCUT2D eigenvalue weighted by atomic mass is 9.88. The number of benzene rings is 1. The number of hydrogen-bond acceptors (Lipinski definition) is 2. The van der Waals surface area contributed by atoms with E-state index in [1.54, 1.807) is 6.07 Å². The maximum Gasteiger partial charge on any atom is 0.128 e. The normalized spacial score (nSPS) is 24.0. The Labute approximate surface area is 128 Å². The van der Waals surface area contributed by atoms with Crippen molar-refractivity contribution in [2.75, 3.05) is 13.2 Å². The Morgan fingerprint density at radius 3 is 2.86 bits per heavy atom. The van der Waals surface area contributed by atoms with Gasteiger partial charge in [-0.25, -0.2) is 4.39 Å². The minimum Gasteiger partial charge on any atom is -0.376 e. The van der Waals surface area contributed by atoms with Crippen LogP contribution >= 0.6 is 0 Å². The van der Waals surface area contributed by atoms with Crippen molar-refractivity contribution in [2.24, 2.45) is 5.92 Å². The molecule has 2 nitrogen and oxygen atoms in total. The Hall–Kier alpha value is -0.930. The third kappa shape index (κ3) is 5.08. The van der Waals surface area contributed by atoms with Gasteiger partial charge in [-0.3, -0.25) is 0 Å². The van der Waals surface area contributed by atoms with Gasteiger partial charge in [-0.2, -0.15) is 0 Å². The molecule has 3 atom stereocenters. The summed E-state index contributed by atoms with van der Waals surface area (Å²) in [5, 5.41) is 3.41. The second-order valence-electron chi connectivity index (χ2n) is 6.26. The molecule has 0 aliphatic heterocycles. The summed E-state index contributed by atoms with van der Waals surface area (Å²) in [6, 6.07) is 6.96. The summed E-state index contributed by atoms with van der Waals surface area (Å²) < 4.78 is 20.1. The molecule has 0 heterocycles. The zero-order valence-corrected chi connectivity index (χ0v) is 13.3. The molecule has 1 N–H and O–H groups in total. The van der Waals surface area contributed by atoms with E-state index in [1.165, 1.54) is 18.9 Å². The number of ether oxygens (including phenoxy) is 1. The van der Waals surface area contributed by atoms with Crippen molar-refractivity contribution in [2.45, 2.75) is 58.1 Å². The van der Waals surface area contributed by atoms with E-state index in [9.17, 15) is 4.39 Å². The highest BCUT2D eigenvalue weighted by atomic mass is 19.1. The summed E-state index contributed by atoms with van der Waals surface area (Å²) in [5.74, 6) is 0.603. The van der Waals surface area contributed by atoms with Gasteiger partial charge < -0.3 is 10.1 Å². The maximum absolute atomic E-state index is 14.0. The van der Waals surface area contributed by atoms with Gasteiger partial charge in [-0.15, -0.1) is 0 Å². The largest absolute Gasteiger partial charge is 0.376 e. The van der Waals surface area contributed by atoms with Crippen LogP contribution in [0.5, 0.6) is 0 Å². The maximum atomic E-state index is 14.0. The van der Waals surface area contributed by atoms with Crippen LogP contribution in [0.2, 0.25) is 0 Å². The Morgan fingerprint density at radius 1 is 1.33 bits per heavy atom. The first-order chi connectivity index (χ1) is 10.2. The molecule has 21 heavy (non-hydrogen) atoms. The molecular weight excluding hydrogens is 265 g/mol. The third-order valence-electron chi connectivity index (χ3n) is 4.31. The average molecular weight is 293 g/mol. The van der Waals surface area contributed by atoms with E-state index in [4.69, 9.17) is 4.74 Å². The molecule has 1 aromatic rings. The molecule has 0 saturated heterocycles. The molecular formula is C18H28FNO. The third-order valence-corrected chi connectivity index (χ3v) is 4.31. The van der Waals surface area contributed by atoms with Crippen LogP contribution < -0.4 is 5.32 Å². The molecule has 0 spiro atoms. The molecule has 1 fully saturated rings. The van der Waals surface area contributed by atoms with Gasteiger partial charge in [0, 0.05) is 5.56 Å². The molecule has 2 rings (SSSR count). The summed E-state index contributed by atoms with van der Waals surface area (Å²) in [6.45, 7) is 5.84. The first kappa shape index (κ1) is 16.4. The van der Waals surface area contributed by atoms with Crippen LogP contribution in [0.1, 0.15) is 57.6 Å². The lowest BCUT2D eigenvalue weighted by Gasteiger charge is -2.29. The van der Waals surface area contributed by atoms with Crippen LogP contribution in [0.4, 0.5) is 4.39 Å². The zero-order chi connectivity index (χ0) is 15.1. The second-order valence-corrected chi connectivity index (χ2v) is 6.26. The molecule has 1 aliphatic carbocycles. The Bertz CT molecular complexity index is 423. The van der Waals surface area contributed by atoms with Crippen LogP contribution in [-0.4, -0.2) is 19.3 Å². The summed E-state index contributed by atoms with van der Waals surface area (Å²) in [7, 11) is 0. The number of halogens is 1. The second kappa shape index (κ2) is 8.50. The minimum absolute atomic E-state index is 0.0524.